The summed E-state index contributed by atoms with van der Waals surface area (Å²) in [6, 6.07) is 9.37. The number of nitrogens with one attached hydrogen (secondary N) is 1. The summed E-state index contributed by atoms with van der Waals surface area (Å²) in [7, 11) is 0. The summed E-state index contributed by atoms with van der Waals surface area (Å²) in [5, 5.41) is 17.0. The van der Waals surface area contributed by atoms with E-state index in [9.17, 15) is 14.7 Å². The van der Waals surface area contributed by atoms with Crippen molar-refractivity contribution in [1.29, 1.82) is 0 Å². The molecular weight excluding hydrogens is 332 g/mol. The highest BCUT2D eigenvalue weighted by atomic mass is 16.3. The summed E-state index contributed by atoms with van der Waals surface area (Å²) in [6.07, 6.45) is 1.03. The number of aliphatic hydroxyl groups is 1. The van der Waals surface area contributed by atoms with Gasteiger partial charge in [-0.25, -0.2) is 9.48 Å². The fourth-order valence-electron chi connectivity index (χ4n) is 3.24. The van der Waals surface area contributed by atoms with E-state index in [-0.39, 0.29) is 24.4 Å². The van der Waals surface area contributed by atoms with Gasteiger partial charge in [-0.15, -0.1) is 0 Å². The normalized spacial score (nSPS) is 22.1. The van der Waals surface area contributed by atoms with E-state index >= 15 is 0 Å². The van der Waals surface area contributed by atoms with Gasteiger partial charge in [-0.05, 0) is 25.7 Å². The number of carbonyl (C=O) groups is 1. The third-order valence-corrected chi connectivity index (χ3v) is 4.52. The van der Waals surface area contributed by atoms with Crippen LogP contribution in [-0.2, 0) is 11.3 Å². The lowest BCUT2D eigenvalue weighted by atomic mass is 9.77. The number of hydrogen-bond acceptors (Lipinski definition) is 5. The Morgan fingerprint density at radius 2 is 2.00 bits per heavy atom. The molecule has 2 N–H and O–H groups in total. The fourth-order valence-corrected chi connectivity index (χ4v) is 3.24. The highest BCUT2D eigenvalue weighted by Gasteiger charge is 2.39. The van der Waals surface area contributed by atoms with Gasteiger partial charge in [0.05, 0.1) is 17.0 Å². The molecule has 7 heteroatoms. The van der Waals surface area contributed by atoms with E-state index in [1.165, 1.54) is 0 Å². The van der Waals surface area contributed by atoms with Gasteiger partial charge in [-0.2, -0.15) is 10.1 Å². The van der Waals surface area contributed by atoms with E-state index < -0.39 is 11.3 Å². The molecule has 0 aliphatic heterocycles. The van der Waals surface area contributed by atoms with E-state index in [0.717, 1.165) is 10.2 Å². The molecule has 1 fully saturated rings. The van der Waals surface area contributed by atoms with E-state index in [2.05, 4.69) is 15.4 Å². The summed E-state index contributed by atoms with van der Waals surface area (Å²) < 4.78 is 1.11. The maximum absolute atomic E-state index is 12.4. The number of amides is 1. The Kier molecular flexibility index (Phi) is 4.91. The van der Waals surface area contributed by atoms with Crippen LogP contribution in [0.1, 0.15) is 45.2 Å². The molecule has 1 saturated carbocycles. The van der Waals surface area contributed by atoms with Crippen LogP contribution in [0.3, 0.4) is 0 Å². The van der Waals surface area contributed by atoms with E-state index in [4.69, 9.17) is 0 Å². The molecule has 2 aromatic rings. The van der Waals surface area contributed by atoms with Gasteiger partial charge in [0.25, 0.3) is 0 Å². The van der Waals surface area contributed by atoms with Gasteiger partial charge in [0.15, 0.2) is 0 Å². The Morgan fingerprint density at radius 3 is 2.58 bits per heavy atom. The van der Waals surface area contributed by atoms with Crippen molar-refractivity contribution < 1.29 is 9.90 Å². The zero-order chi connectivity index (χ0) is 18.9. The van der Waals surface area contributed by atoms with Crippen LogP contribution < -0.4 is 11.0 Å². The van der Waals surface area contributed by atoms with Crippen molar-refractivity contribution >= 4 is 5.91 Å². The first-order valence-corrected chi connectivity index (χ1v) is 8.81. The van der Waals surface area contributed by atoms with Crippen LogP contribution in [0.4, 0.5) is 0 Å². The molecule has 3 rings (SSSR count). The molecular formula is C19H24N4O3. The van der Waals surface area contributed by atoms with Crippen molar-refractivity contribution in [2.24, 2.45) is 0 Å². The molecule has 1 aromatic heterocycles. The molecule has 0 unspecified atom stereocenters. The monoisotopic (exact) mass is 356 g/mol. The van der Waals surface area contributed by atoms with Gasteiger partial charge >= 0.3 is 5.69 Å². The average Bonchev–Trinajstić information content (AvgIpc) is 2.55. The fraction of sp³-hybridized carbons (Fsp3) is 0.474. The van der Waals surface area contributed by atoms with Crippen molar-refractivity contribution in [2.45, 2.75) is 57.7 Å². The van der Waals surface area contributed by atoms with Crippen LogP contribution in [0.25, 0.3) is 11.3 Å². The molecule has 0 spiro atoms. The average molecular weight is 356 g/mol. The third-order valence-electron chi connectivity index (χ3n) is 4.52. The SMILES string of the molecule is CC(C)c1nn(CC(=O)NC2CC(C)(O)C2)c(=O)nc1-c1ccccc1. The quantitative estimate of drug-likeness (QED) is 0.845. The second kappa shape index (κ2) is 6.99. The van der Waals surface area contributed by atoms with Crippen molar-refractivity contribution in [3.63, 3.8) is 0 Å². The molecule has 1 heterocycles. The van der Waals surface area contributed by atoms with Gasteiger partial charge < -0.3 is 10.4 Å². The van der Waals surface area contributed by atoms with Crippen molar-refractivity contribution in [3.8, 4) is 11.3 Å². The molecule has 1 amide bonds. The van der Waals surface area contributed by atoms with E-state index in [0.29, 0.717) is 24.2 Å². The molecule has 0 saturated heterocycles. The summed E-state index contributed by atoms with van der Waals surface area (Å²) in [5.74, 6) is -0.251. The lowest BCUT2D eigenvalue weighted by Gasteiger charge is -2.41. The summed E-state index contributed by atoms with van der Waals surface area (Å²) in [4.78, 5) is 28.7. The number of aromatic nitrogens is 3. The predicted molar refractivity (Wildman–Crippen MR) is 97.6 cm³/mol. The van der Waals surface area contributed by atoms with E-state index in [1.54, 1.807) is 6.92 Å². The van der Waals surface area contributed by atoms with Gasteiger partial charge in [-0.3, -0.25) is 4.79 Å². The number of benzene rings is 1. The van der Waals surface area contributed by atoms with Crippen molar-refractivity contribution in [1.82, 2.24) is 20.1 Å². The summed E-state index contributed by atoms with van der Waals surface area (Å²) in [5.41, 5.74) is 0.794. The maximum atomic E-state index is 12.4. The number of hydrogen-bond donors (Lipinski definition) is 2. The highest BCUT2D eigenvalue weighted by Crippen LogP contribution is 2.31. The smallest absolute Gasteiger partial charge is 0.365 e. The first kappa shape index (κ1) is 18.3. The van der Waals surface area contributed by atoms with Crippen LogP contribution in [0.2, 0.25) is 0 Å². The zero-order valence-corrected chi connectivity index (χ0v) is 15.3. The molecule has 138 valence electrons. The number of nitrogens with zero attached hydrogens (tertiary/aromatic N) is 3. The summed E-state index contributed by atoms with van der Waals surface area (Å²) in [6.45, 7) is 5.51. The van der Waals surface area contributed by atoms with Crippen LogP contribution in [0.15, 0.2) is 35.1 Å². The lowest BCUT2D eigenvalue weighted by molar-refractivity contribution is -0.125. The number of carbonyl (C=O) groups excluding carboxylic acids is 1. The third kappa shape index (κ3) is 3.99. The van der Waals surface area contributed by atoms with E-state index in [1.807, 2.05) is 44.2 Å². The zero-order valence-electron chi connectivity index (χ0n) is 15.3. The Labute approximate surface area is 152 Å². The Bertz CT molecular complexity index is 851. The molecule has 7 nitrogen and oxygen atoms in total. The minimum atomic E-state index is -0.712. The Balaban J connectivity index is 1.81. The van der Waals surface area contributed by atoms with Crippen molar-refractivity contribution in [2.75, 3.05) is 0 Å². The molecule has 26 heavy (non-hydrogen) atoms. The highest BCUT2D eigenvalue weighted by molar-refractivity contribution is 5.76. The minimum Gasteiger partial charge on any atom is -0.390 e. The largest absolute Gasteiger partial charge is 0.390 e. The molecule has 1 aliphatic rings. The first-order chi connectivity index (χ1) is 12.2. The van der Waals surface area contributed by atoms with Crippen LogP contribution in [0, 0.1) is 0 Å². The molecule has 0 atom stereocenters. The molecule has 0 radical (unpaired) electrons. The predicted octanol–water partition coefficient (Wildman–Crippen LogP) is 1.46. The second-order valence-electron chi connectivity index (χ2n) is 7.48. The van der Waals surface area contributed by atoms with Gasteiger partial charge in [0, 0.05) is 11.6 Å². The minimum absolute atomic E-state index is 0.0503. The van der Waals surface area contributed by atoms with Crippen LogP contribution in [-0.4, -0.2) is 37.4 Å². The van der Waals surface area contributed by atoms with Gasteiger partial charge in [0.1, 0.15) is 6.54 Å². The molecule has 0 bridgehead atoms. The summed E-state index contributed by atoms with van der Waals surface area (Å²) >= 11 is 0. The topological polar surface area (TPSA) is 97.1 Å². The first-order valence-electron chi connectivity index (χ1n) is 8.81. The second-order valence-corrected chi connectivity index (χ2v) is 7.48. The molecule has 1 aromatic carbocycles. The Hall–Kier alpha value is -2.54. The Morgan fingerprint density at radius 1 is 1.35 bits per heavy atom. The van der Waals surface area contributed by atoms with Crippen LogP contribution >= 0.6 is 0 Å². The lowest BCUT2D eigenvalue weighted by Crippen LogP contribution is -2.54. The van der Waals surface area contributed by atoms with Crippen molar-refractivity contribution in [3.05, 3.63) is 46.5 Å². The van der Waals surface area contributed by atoms with Gasteiger partial charge in [-0.1, -0.05) is 44.2 Å². The molecule has 1 aliphatic carbocycles. The standard InChI is InChI=1S/C19H24N4O3/c1-12(2)16-17(13-7-5-4-6-8-13)21-18(25)23(22-16)11-15(24)20-14-9-19(3,26)10-14/h4-8,12,14,26H,9-11H2,1-3H3,(H,20,24). The number of rotatable bonds is 5. The van der Waals surface area contributed by atoms with Gasteiger partial charge in [0.2, 0.25) is 5.91 Å². The maximum Gasteiger partial charge on any atom is 0.365 e. The van der Waals surface area contributed by atoms with Crippen LogP contribution in [0.5, 0.6) is 0 Å².